The smallest absolute Gasteiger partial charge is 0.373 e. The van der Waals surface area contributed by atoms with Gasteiger partial charge in [-0.15, -0.1) is 0 Å². The van der Waals surface area contributed by atoms with Gasteiger partial charge in [-0.05, 0) is 43.2 Å². The van der Waals surface area contributed by atoms with Crippen LogP contribution in [0.4, 0.5) is 13.2 Å². The van der Waals surface area contributed by atoms with Crippen molar-refractivity contribution in [1.82, 2.24) is 10.2 Å². The van der Waals surface area contributed by atoms with E-state index in [-0.39, 0.29) is 22.6 Å². The average Bonchev–Trinajstić information content (AvgIpc) is 3.06. The van der Waals surface area contributed by atoms with Gasteiger partial charge >= 0.3 is 6.18 Å². The predicted molar refractivity (Wildman–Crippen MR) is 92.8 cm³/mol. The summed E-state index contributed by atoms with van der Waals surface area (Å²) in [4.78, 5) is 14.3. The standard InChI is InChI=1S/C18H20ClF3N2O2/c19-16-5-3-12(8-15(16)18(20,21)22)4-6-17(25)23-9-14-10-24-7-1-2-13(24)11-26-14/h3-6,8,13-14H,1-2,7,9-11H2,(H,23,25)/b6-4+/t13-,14+/m0/s1. The minimum Gasteiger partial charge on any atom is -0.373 e. The molecule has 2 aliphatic heterocycles. The molecule has 1 aromatic carbocycles. The zero-order valence-corrected chi connectivity index (χ0v) is 14.8. The lowest BCUT2D eigenvalue weighted by molar-refractivity contribution is -0.137. The maximum Gasteiger partial charge on any atom is 0.417 e. The number of rotatable bonds is 4. The molecule has 26 heavy (non-hydrogen) atoms. The molecule has 2 atom stereocenters. The van der Waals surface area contributed by atoms with Gasteiger partial charge in [0.2, 0.25) is 5.91 Å². The van der Waals surface area contributed by atoms with Crippen LogP contribution in [0, 0.1) is 0 Å². The number of nitrogens with zero attached hydrogens (tertiary/aromatic N) is 1. The van der Waals surface area contributed by atoms with Crippen LogP contribution < -0.4 is 5.32 Å². The van der Waals surface area contributed by atoms with E-state index in [4.69, 9.17) is 16.3 Å². The molecule has 0 saturated carbocycles. The molecule has 2 saturated heterocycles. The quantitative estimate of drug-likeness (QED) is 0.804. The number of carbonyl (C=O) groups excluding carboxylic acids is 1. The van der Waals surface area contributed by atoms with Crippen LogP contribution in [0.3, 0.4) is 0 Å². The van der Waals surface area contributed by atoms with Gasteiger partial charge in [0, 0.05) is 25.2 Å². The first-order valence-corrected chi connectivity index (χ1v) is 8.89. The van der Waals surface area contributed by atoms with Gasteiger partial charge in [-0.2, -0.15) is 13.2 Å². The highest BCUT2D eigenvalue weighted by atomic mass is 35.5. The van der Waals surface area contributed by atoms with Gasteiger partial charge in [-0.3, -0.25) is 9.69 Å². The van der Waals surface area contributed by atoms with E-state index in [1.54, 1.807) is 0 Å². The Bertz CT molecular complexity index is 694. The number of benzene rings is 1. The van der Waals surface area contributed by atoms with Crippen LogP contribution in [-0.2, 0) is 15.7 Å². The zero-order chi connectivity index (χ0) is 18.7. The molecule has 0 radical (unpaired) electrons. The average molecular weight is 389 g/mol. The van der Waals surface area contributed by atoms with Crippen molar-refractivity contribution < 1.29 is 22.7 Å². The maximum absolute atomic E-state index is 12.8. The predicted octanol–water partition coefficient (Wildman–Crippen LogP) is 3.35. The van der Waals surface area contributed by atoms with Gasteiger partial charge in [-0.1, -0.05) is 17.7 Å². The largest absolute Gasteiger partial charge is 0.417 e. The molecule has 3 rings (SSSR count). The van der Waals surface area contributed by atoms with E-state index in [2.05, 4.69) is 10.2 Å². The Labute approximate surface area is 154 Å². The third-order valence-electron chi connectivity index (χ3n) is 4.69. The first kappa shape index (κ1) is 19.2. The number of hydrogen-bond donors (Lipinski definition) is 1. The minimum absolute atomic E-state index is 0.0611. The summed E-state index contributed by atoms with van der Waals surface area (Å²) in [7, 11) is 0. The number of fused-ring (bicyclic) bond motifs is 1. The first-order chi connectivity index (χ1) is 12.3. The number of carbonyl (C=O) groups is 1. The molecule has 2 heterocycles. The fourth-order valence-electron chi connectivity index (χ4n) is 3.32. The van der Waals surface area contributed by atoms with Gasteiger partial charge in [0.1, 0.15) is 0 Å². The molecular weight excluding hydrogens is 369 g/mol. The SMILES string of the molecule is O=C(/C=C/c1ccc(Cl)c(C(F)(F)F)c1)NC[C@@H]1CN2CCC[C@H]2CO1. The highest BCUT2D eigenvalue weighted by Gasteiger charge is 2.33. The molecule has 0 spiro atoms. The second kappa shape index (κ2) is 7.98. The summed E-state index contributed by atoms with van der Waals surface area (Å²) in [6.07, 6.45) is 0.285. The van der Waals surface area contributed by atoms with Crippen molar-refractivity contribution >= 4 is 23.6 Å². The Balaban J connectivity index is 1.52. The molecule has 0 unspecified atom stereocenters. The Morgan fingerprint density at radius 3 is 3.00 bits per heavy atom. The van der Waals surface area contributed by atoms with E-state index in [0.29, 0.717) is 19.2 Å². The summed E-state index contributed by atoms with van der Waals surface area (Å²) in [5.41, 5.74) is -0.664. The Kier molecular flexibility index (Phi) is 5.89. The summed E-state index contributed by atoms with van der Waals surface area (Å²) in [5.74, 6) is -0.374. The third-order valence-corrected chi connectivity index (χ3v) is 5.02. The molecular formula is C18H20ClF3N2O2. The number of amides is 1. The van der Waals surface area contributed by atoms with E-state index in [9.17, 15) is 18.0 Å². The number of alkyl halides is 3. The Morgan fingerprint density at radius 2 is 2.23 bits per heavy atom. The fraction of sp³-hybridized carbons (Fsp3) is 0.500. The van der Waals surface area contributed by atoms with Crippen LogP contribution in [-0.4, -0.2) is 49.2 Å². The van der Waals surface area contributed by atoms with E-state index in [1.165, 1.54) is 30.7 Å². The van der Waals surface area contributed by atoms with Crippen LogP contribution in [0.2, 0.25) is 5.02 Å². The summed E-state index contributed by atoms with van der Waals surface area (Å²) in [6.45, 7) is 2.92. The van der Waals surface area contributed by atoms with E-state index in [1.807, 2.05) is 0 Å². The summed E-state index contributed by atoms with van der Waals surface area (Å²) >= 11 is 5.58. The van der Waals surface area contributed by atoms with Gasteiger partial charge in [0.25, 0.3) is 0 Å². The molecule has 1 aromatic rings. The Morgan fingerprint density at radius 1 is 1.42 bits per heavy atom. The van der Waals surface area contributed by atoms with E-state index < -0.39 is 11.7 Å². The van der Waals surface area contributed by atoms with Crippen LogP contribution in [0.5, 0.6) is 0 Å². The second-order valence-electron chi connectivity index (χ2n) is 6.56. The van der Waals surface area contributed by atoms with Crippen molar-refractivity contribution in [1.29, 1.82) is 0 Å². The number of ether oxygens (including phenoxy) is 1. The molecule has 0 aliphatic carbocycles. The molecule has 2 aliphatic rings. The van der Waals surface area contributed by atoms with Crippen LogP contribution in [0.1, 0.15) is 24.0 Å². The lowest BCUT2D eigenvalue weighted by Crippen LogP contribution is -2.49. The van der Waals surface area contributed by atoms with E-state index in [0.717, 1.165) is 25.6 Å². The number of hydrogen-bond acceptors (Lipinski definition) is 3. The molecule has 1 amide bonds. The number of halogens is 4. The van der Waals surface area contributed by atoms with Crippen molar-refractivity contribution in [3.63, 3.8) is 0 Å². The van der Waals surface area contributed by atoms with Gasteiger partial charge in [-0.25, -0.2) is 0 Å². The van der Waals surface area contributed by atoms with Gasteiger partial charge in [0.15, 0.2) is 0 Å². The highest BCUT2D eigenvalue weighted by molar-refractivity contribution is 6.31. The van der Waals surface area contributed by atoms with Crippen LogP contribution >= 0.6 is 11.6 Å². The Hall–Kier alpha value is -1.57. The number of morpholine rings is 1. The third kappa shape index (κ3) is 4.78. The second-order valence-corrected chi connectivity index (χ2v) is 6.97. The first-order valence-electron chi connectivity index (χ1n) is 8.51. The van der Waals surface area contributed by atoms with Crippen LogP contribution in [0.25, 0.3) is 6.08 Å². The van der Waals surface area contributed by atoms with Gasteiger partial charge < -0.3 is 10.1 Å². The maximum atomic E-state index is 12.8. The summed E-state index contributed by atoms with van der Waals surface area (Å²) in [6, 6.07) is 4.02. The zero-order valence-electron chi connectivity index (χ0n) is 14.1. The monoisotopic (exact) mass is 388 g/mol. The lowest BCUT2D eigenvalue weighted by atomic mass is 10.1. The van der Waals surface area contributed by atoms with Gasteiger partial charge in [0.05, 0.1) is 23.3 Å². The molecule has 0 aromatic heterocycles. The lowest BCUT2D eigenvalue weighted by Gasteiger charge is -2.35. The molecule has 0 bridgehead atoms. The minimum atomic E-state index is -4.53. The highest BCUT2D eigenvalue weighted by Crippen LogP contribution is 2.35. The van der Waals surface area contributed by atoms with Crippen molar-refractivity contribution in [3.8, 4) is 0 Å². The normalized spacial score (nSPS) is 24.0. The van der Waals surface area contributed by atoms with Crippen molar-refractivity contribution in [2.75, 3.05) is 26.2 Å². The fourth-order valence-corrected chi connectivity index (χ4v) is 3.54. The summed E-state index contributed by atoms with van der Waals surface area (Å²) in [5, 5.41) is 2.37. The van der Waals surface area contributed by atoms with E-state index >= 15 is 0 Å². The molecule has 2 fully saturated rings. The molecule has 8 heteroatoms. The van der Waals surface area contributed by atoms with Crippen molar-refractivity contribution in [2.24, 2.45) is 0 Å². The van der Waals surface area contributed by atoms with Crippen LogP contribution in [0.15, 0.2) is 24.3 Å². The van der Waals surface area contributed by atoms with Crippen molar-refractivity contribution in [3.05, 3.63) is 40.4 Å². The van der Waals surface area contributed by atoms with Crippen molar-refractivity contribution in [2.45, 2.75) is 31.2 Å². The number of nitrogens with one attached hydrogen (secondary N) is 1. The molecule has 1 N–H and O–H groups in total. The summed E-state index contributed by atoms with van der Waals surface area (Å²) < 4.78 is 44.3. The molecule has 142 valence electrons. The molecule has 4 nitrogen and oxygen atoms in total. The topological polar surface area (TPSA) is 41.6 Å².